The standard InChI is InChI=1S/C22H27Cl2N3O5S/c1-5-32-20-12-7-6-11-19(20)27(33(4,30)31)14-21(28)26(15(2)22(29)25-3)13-16-17(23)9-8-10-18(16)24/h6-12,15H,5,13-14H2,1-4H3,(H,25,29). The largest absolute Gasteiger partial charge is 0.492 e. The molecular formula is C22H27Cl2N3O5S. The Balaban J connectivity index is 2.48. The SMILES string of the molecule is CCOc1ccccc1N(CC(=O)N(Cc1c(Cl)cccc1Cl)C(C)C(=O)NC)S(C)(=O)=O. The van der Waals surface area contributed by atoms with Crippen LogP contribution in [0.15, 0.2) is 42.5 Å². The lowest BCUT2D eigenvalue weighted by Crippen LogP contribution is -2.50. The number of amides is 2. The molecule has 0 saturated heterocycles. The van der Waals surface area contributed by atoms with Crippen LogP contribution >= 0.6 is 23.2 Å². The van der Waals surface area contributed by atoms with Crippen LogP contribution in [0.3, 0.4) is 0 Å². The van der Waals surface area contributed by atoms with Crippen molar-refractivity contribution in [1.29, 1.82) is 0 Å². The van der Waals surface area contributed by atoms with Gasteiger partial charge in [-0.2, -0.15) is 0 Å². The molecule has 0 heterocycles. The molecule has 0 aliphatic carbocycles. The Hall–Kier alpha value is -2.49. The topological polar surface area (TPSA) is 96.0 Å². The number of sulfonamides is 1. The lowest BCUT2D eigenvalue weighted by molar-refractivity contribution is -0.139. The van der Waals surface area contributed by atoms with E-state index in [4.69, 9.17) is 27.9 Å². The van der Waals surface area contributed by atoms with Crippen LogP contribution in [0.1, 0.15) is 19.4 Å². The first kappa shape index (κ1) is 26.8. The van der Waals surface area contributed by atoms with E-state index >= 15 is 0 Å². The number of anilines is 1. The molecule has 11 heteroatoms. The van der Waals surface area contributed by atoms with E-state index in [2.05, 4.69) is 5.32 Å². The van der Waals surface area contributed by atoms with Gasteiger partial charge in [0, 0.05) is 29.2 Å². The van der Waals surface area contributed by atoms with Gasteiger partial charge in [-0.25, -0.2) is 8.42 Å². The van der Waals surface area contributed by atoms with Crippen molar-refractivity contribution in [2.75, 3.05) is 30.8 Å². The zero-order chi connectivity index (χ0) is 24.8. The number of ether oxygens (including phenoxy) is 1. The second kappa shape index (κ2) is 11.6. The van der Waals surface area contributed by atoms with Crippen LogP contribution < -0.4 is 14.4 Å². The van der Waals surface area contributed by atoms with E-state index in [1.54, 1.807) is 56.3 Å². The van der Waals surface area contributed by atoms with Gasteiger partial charge < -0.3 is 15.0 Å². The molecule has 0 saturated carbocycles. The maximum atomic E-state index is 13.4. The fourth-order valence-electron chi connectivity index (χ4n) is 3.18. The number of benzene rings is 2. The van der Waals surface area contributed by atoms with Crippen LogP contribution in [0.5, 0.6) is 5.75 Å². The Morgan fingerprint density at radius 2 is 1.70 bits per heavy atom. The van der Waals surface area contributed by atoms with Crippen molar-refractivity contribution in [3.05, 3.63) is 58.1 Å². The minimum Gasteiger partial charge on any atom is -0.492 e. The van der Waals surface area contributed by atoms with Gasteiger partial charge in [0.25, 0.3) is 0 Å². The summed E-state index contributed by atoms with van der Waals surface area (Å²) in [4.78, 5) is 27.1. The average molecular weight is 516 g/mol. The summed E-state index contributed by atoms with van der Waals surface area (Å²) in [5.74, 6) is -0.718. The summed E-state index contributed by atoms with van der Waals surface area (Å²) < 4.78 is 31.8. The van der Waals surface area contributed by atoms with Crippen LogP contribution in [0, 0.1) is 0 Å². The minimum atomic E-state index is -3.87. The number of likely N-dealkylation sites (N-methyl/N-ethyl adjacent to an activating group) is 1. The number of carbonyl (C=O) groups excluding carboxylic acids is 2. The second-order valence-electron chi connectivity index (χ2n) is 7.18. The number of halogens is 2. The van der Waals surface area contributed by atoms with E-state index in [0.717, 1.165) is 10.6 Å². The van der Waals surface area contributed by atoms with E-state index in [0.29, 0.717) is 28.0 Å². The van der Waals surface area contributed by atoms with Crippen molar-refractivity contribution in [1.82, 2.24) is 10.2 Å². The number of nitrogens with zero attached hydrogens (tertiary/aromatic N) is 2. The molecule has 0 radical (unpaired) electrons. The monoisotopic (exact) mass is 515 g/mol. The van der Waals surface area contributed by atoms with E-state index < -0.39 is 34.4 Å². The van der Waals surface area contributed by atoms with Crippen LogP contribution in [0.2, 0.25) is 10.0 Å². The molecule has 0 bridgehead atoms. The summed E-state index contributed by atoms with van der Waals surface area (Å²) in [5, 5.41) is 3.16. The van der Waals surface area contributed by atoms with Crippen molar-refractivity contribution in [3.63, 3.8) is 0 Å². The summed E-state index contributed by atoms with van der Waals surface area (Å²) in [6.07, 6.45) is 1.00. The van der Waals surface area contributed by atoms with Gasteiger partial charge in [-0.3, -0.25) is 13.9 Å². The minimum absolute atomic E-state index is 0.0867. The van der Waals surface area contributed by atoms with Crippen molar-refractivity contribution in [2.45, 2.75) is 26.4 Å². The van der Waals surface area contributed by atoms with Gasteiger partial charge in [0.15, 0.2) is 0 Å². The summed E-state index contributed by atoms with van der Waals surface area (Å²) >= 11 is 12.6. The molecule has 180 valence electrons. The molecule has 1 atom stereocenters. The Kier molecular flexibility index (Phi) is 9.39. The van der Waals surface area contributed by atoms with Crippen LogP contribution in [-0.4, -0.2) is 57.6 Å². The molecule has 1 N–H and O–H groups in total. The lowest BCUT2D eigenvalue weighted by atomic mass is 10.1. The molecule has 0 fully saturated rings. The molecule has 33 heavy (non-hydrogen) atoms. The van der Waals surface area contributed by atoms with Crippen LogP contribution in [0.4, 0.5) is 5.69 Å². The number of rotatable bonds is 10. The number of nitrogens with one attached hydrogen (secondary N) is 1. The summed E-state index contributed by atoms with van der Waals surface area (Å²) in [6, 6.07) is 10.5. The fourth-order valence-corrected chi connectivity index (χ4v) is 4.55. The van der Waals surface area contributed by atoms with Gasteiger partial charge in [-0.1, -0.05) is 41.4 Å². The molecule has 0 aliphatic heterocycles. The summed E-state index contributed by atoms with van der Waals surface area (Å²) in [7, 11) is -2.43. The highest BCUT2D eigenvalue weighted by atomic mass is 35.5. The third kappa shape index (κ3) is 6.75. The number of para-hydroxylation sites is 2. The molecule has 0 aromatic heterocycles. The first-order valence-electron chi connectivity index (χ1n) is 10.1. The molecule has 0 spiro atoms. The Labute approximate surface area is 204 Å². The third-order valence-corrected chi connectivity index (χ3v) is 6.75. The van der Waals surface area contributed by atoms with E-state index in [1.807, 2.05) is 0 Å². The molecule has 2 aromatic rings. The van der Waals surface area contributed by atoms with Gasteiger partial charge >= 0.3 is 0 Å². The van der Waals surface area contributed by atoms with Crippen LogP contribution in [0.25, 0.3) is 0 Å². The first-order chi connectivity index (χ1) is 15.5. The fraction of sp³-hybridized carbons (Fsp3) is 0.364. The van der Waals surface area contributed by atoms with Crippen molar-refractivity contribution in [3.8, 4) is 5.75 Å². The lowest BCUT2D eigenvalue weighted by Gasteiger charge is -2.32. The van der Waals surface area contributed by atoms with Crippen molar-refractivity contribution >= 4 is 50.7 Å². The highest BCUT2D eigenvalue weighted by Gasteiger charge is 2.31. The van der Waals surface area contributed by atoms with Crippen molar-refractivity contribution < 1.29 is 22.7 Å². The smallest absolute Gasteiger partial charge is 0.244 e. The number of hydrogen-bond acceptors (Lipinski definition) is 5. The third-order valence-electron chi connectivity index (χ3n) is 4.92. The molecule has 2 aromatic carbocycles. The molecular weight excluding hydrogens is 489 g/mol. The highest BCUT2D eigenvalue weighted by Crippen LogP contribution is 2.31. The zero-order valence-corrected chi connectivity index (χ0v) is 21.2. The second-order valence-corrected chi connectivity index (χ2v) is 9.90. The molecule has 1 unspecified atom stereocenters. The highest BCUT2D eigenvalue weighted by molar-refractivity contribution is 7.92. The summed E-state index contributed by atoms with van der Waals surface area (Å²) in [6.45, 7) is 2.99. The maximum Gasteiger partial charge on any atom is 0.244 e. The Morgan fingerprint density at radius 3 is 2.24 bits per heavy atom. The van der Waals surface area contributed by atoms with Gasteiger partial charge in [0.1, 0.15) is 18.3 Å². The molecule has 2 rings (SSSR count). The predicted molar refractivity (Wildman–Crippen MR) is 130 cm³/mol. The van der Waals surface area contributed by atoms with Gasteiger partial charge in [-0.05, 0) is 38.1 Å². The van der Waals surface area contributed by atoms with E-state index in [9.17, 15) is 18.0 Å². The first-order valence-corrected chi connectivity index (χ1v) is 12.7. The number of hydrogen-bond donors (Lipinski definition) is 1. The van der Waals surface area contributed by atoms with Crippen LogP contribution in [-0.2, 0) is 26.2 Å². The molecule has 2 amide bonds. The van der Waals surface area contributed by atoms with E-state index in [-0.39, 0.29) is 12.2 Å². The Bertz CT molecular complexity index is 1090. The van der Waals surface area contributed by atoms with Gasteiger partial charge in [0.05, 0.1) is 18.6 Å². The van der Waals surface area contributed by atoms with Gasteiger partial charge in [-0.15, -0.1) is 0 Å². The number of carbonyl (C=O) groups is 2. The molecule has 8 nitrogen and oxygen atoms in total. The van der Waals surface area contributed by atoms with Crippen molar-refractivity contribution in [2.24, 2.45) is 0 Å². The summed E-state index contributed by atoms with van der Waals surface area (Å²) in [5.41, 5.74) is 0.670. The quantitative estimate of drug-likeness (QED) is 0.523. The molecule has 0 aliphatic rings. The maximum absolute atomic E-state index is 13.4. The normalized spacial score (nSPS) is 12.1. The Morgan fingerprint density at radius 1 is 1.09 bits per heavy atom. The van der Waals surface area contributed by atoms with E-state index in [1.165, 1.54) is 11.9 Å². The average Bonchev–Trinajstić information content (AvgIpc) is 2.76. The van der Waals surface area contributed by atoms with Gasteiger partial charge in [0.2, 0.25) is 21.8 Å². The predicted octanol–water partition coefficient (Wildman–Crippen LogP) is 3.32. The zero-order valence-electron chi connectivity index (χ0n) is 18.8.